The normalized spacial score (nSPS) is 52.1. The third kappa shape index (κ3) is 3.85. The molecule has 3 saturated carbocycles. The van der Waals surface area contributed by atoms with E-state index in [9.17, 15) is 10.2 Å². The van der Waals surface area contributed by atoms with Gasteiger partial charge in [0.15, 0.2) is 0 Å². The van der Waals surface area contributed by atoms with Crippen LogP contribution in [0, 0.1) is 34.5 Å². The van der Waals surface area contributed by atoms with Crippen molar-refractivity contribution in [2.24, 2.45) is 34.5 Å². The van der Waals surface area contributed by atoms with E-state index in [4.69, 9.17) is 4.74 Å². The zero-order chi connectivity index (χ0) is 21.9. The average molecular weight is 431 g/mol. The van der Waals surface area contributed by atoms with E-state index in [1.54, 1.807) is 5.57 Å². The van der Waals surface area contributed by atoms with Crippen LogP contribution in [0.4, 0.5) is 0 Å². The molecule has 1 heterocycles. The van der Waals surface area contributed by atoms with Crippen LogP contribution in [0.1, 0.15) is 104 Å². The summed E-state index contributed by atoms with van der Waals surface area (Å²) in [6, 6.07) is 0. The Balaban J connectivity index is 1.26. The molecule has 0 radical (unpaired) electrons. The second-order valence-electron chi connectivity index (χ2n) is 13.0. The summed E-state index contributed by atoms with van der Waals surface area (Å²) in [6.45, 7) is 8.56. The Morgan fingerprint density at radius 2 is 1.84 bits per heavy atom. The van der Waals surface area contributed by atoms with Gasteiger partial charge in [-0.1, -0.05) is 31.9 Å². The number of rotatable bonds is 4. The summed E-state index contributed by atoms with van der Waals surface area (Å²) in [6.07, 6.45) is 17.7. The van der Waals surface area contributed by atoms with Gasteiger partial charge in [0.1, 0.15) is 0 Å². The van der Waals surface area contributed by atoms with Crippen molar-refractivity contribution in [2.45, 2.75) is 115 Å². The van der Waals surface area contributed by atoms with Crippen molar-refractivity contribution in [1.82, 2.24) is 0 Å². The van der Waals surface area contributed by atoms with E-state index in [-0.39, 0.29) is 0 Å². The van der Waals surface area contributed by atoms with Crippen molar-refractivity contribution in [3.63, 3.8) is 0 Å². The molecule has 1 saturated heterocycles. The highest BCUT2D eigenvalue weighted by atomic mass is 16.5. The minimum atomic E-state index is -0.559. The second kappa shape index (κ2) is 7.84. The monoisotopic (exact) mass is 430 g/mol. The molecule has 5 aliphatic rings. The summed E-state index contributed by atoms with van der Waals surface area (Å²) in [5, 5.41) is 21.5. The summed E-state index contributed by atoms with van der Waals surface area (Å²) >= 11 is 0. The van der Waals surface area contributed by atoms with Gasteiger partial charge >= 0.3 is 0 Å². The van der Waals surface area contributed by atoms with Crippen LogP contribution >= 0.6 is 0 Å². The maximum Gasteiger partial charge on any atom is 0.0881 e. The Labute approximate surface area is 190 Å². The molecule has 0 aromatic carbocycles. The van der Waals surface area contributed by atoms with Gasteiger partial charge in [0, 0.05) is 6.61 Å². The molecule has 0 aromatic heterocycles. The van der Waals surface area contributed by atoms with Gasteiger partial charge in [0.25, 0.3) is 0 Å². The highest BCUT2D eigenvalue weighted by Gasteiger charge is 2.58. The lowest BCUT2D eigenvalue weighted by Gasteiger charge is -2.59. The predicted molar refractivity (Wildman–Crippen MR) is 125 cm³/mol. The molecule has 176 valence electrons. The highest BCUT2D eigenvalue weighted by molar-refractivity contribution is 5.26. The Kier molecular flexibility index (Phi) is 5.67. The SMILES string of the molecule is CC12CC[C@](C)(O)CC1=CCC1C2CCC2(C)C(CCCC3(O)CCCOC3)CCC12. The fraction of sp³-hybridized carbons (Fsp3) is 0.929. The first-order valence-corrected chi connectivity index (χ1v) is 13.4. The Bertz CT molecular complexity index is 705. The number of fused-ring (bicyclic) bond motifs is 5. The molecule has 2 N–H and O–H groups in total. The number of ether oxygens (including phenoxy) is 1. The molecule has 1 aliphatic heterocycles. The van der Waals surface area contributed by atoms with E-state index in [1.165, 1.54) is 44.9 Å². The first-order chi connectivity index (χ1) is 14.7. The minimum Gasteiger partial charge on any atom is -0.390 e. The maximum atomic E-state index is 10.8. The van der Waals surface area contributed by atoms with Crippen LogP contribution in [0.5, 0.6) is 0 Å². The van der Waals surface area contributed by atoms with Gasteiger partial charge in [0.05, 0.1) is 17.8 Å². The Morgan fingerprint density at radius 1 is 1.00 bits per heavy atom. The molecule has 0 aromatic rings. The minimum absolute atomic E-state index is 0.328. The van der Waals surface area contributed by atoms with E-state index in [0.717, 1.165) is 68.8 Å². The van der Waals surface area contributed by atoms with Crippen molar-refractivity contribution in [2.75, 3.05) is 13.2 Å². The summed E-state index contributed by atoms with van der Waals surface area (Å²) in [5.74, 6) is 3.36. The van der Waals surface area contributed by atoms with Crippen LogP contribution in [-0.4, -0.2) is 34.6 Å². The van der Waals surface area contributed by atoms with E-state index >= 15 is 0 Å². The molecule has 4 fully saturated rings. The van der Waals surface area contributed by atoms with Crippen LogP contribution < -0.4 is 0 Å². The molecule has 0 bridgehead atoms. The Hall–Kier alpha value is -0.380. The summed E-state index contributed by atoms with van der Waals surface area (Å²) in [7, 11) is 0. The summed E-state index contributed by atoms with van der Waals surface area (Å²) in [4.78, 5) is 0. The highest BCUT2D eigenvalue weighted by Crippen LogP contribution is 2.67. The molecule has 8 atom stereocenters. The molecule has 7 unspecified atom stereocenters. The largest absolute Gasteiger partial charge is 0.390 e. The van der Waals surface area contributed by atoms with Crippen LogP contribution in [-0.2, 0) is 4.74 Å². The van der Waals surface area contributed by atoms with Gasteiger partial charge in [-0.25, -0.2) is 0 Å². The molecular formula is C28H46O3. The predicted octanol–water partition coefficient (Wildman–Crippen LogP) is 6.03. The second-order valence-corrected chi connectivity index (χ2v) is 13.0. The third-order valence-electron chi connectivity index (χ3n) is 11.1. The quantitative estimate of drug-likeness (QED) is 0.536. The number of hydrogen-bond donors (Lipinski definition) is 2. The van der Waals surface area contributed by atoms with E-state index in [2.05, 4.69) is 19.9 Å². The molecule has 0 spiro atoms. The molecular weight excluding hydrogens is 384 g/mol. The van der Waals surface area contributed by atoms with Gasteiger partial charge in [-0.2, -0.15) is 0 Å². The average Bonchev–Trinajstić information content (AvgIpc) is 3.05. The molecule has 4 aliphatic carbocycles. The third-order valence-corrected chi connectivity index (χ3v) is 11.1. The fourth-order valence-electron chi connectivity index (χ4n) is 9.10. The lowest BCUT2D eigenvalue weighted by Crippen LogP contribution is -2.51. The smallest absolute Gasteiger partial charge is 0.0881 e. The van der Waals surface area contributed by atoms with Crippen LogP contribution in [0.2, 0.25) is 0 Å². The van der Waals surface area contributed by atoms with E-state index in [0.29, 0.717) is 17.4 Å². The molecule has 31 heavy (non-hydrogen) atoms. The molecule has 0 amide bonds. The van der Waals surface area contributed by atoms with E-state index in [1.807, 2.05) is 6.92 Å². The van der Waals surface area contributed by atoms with Gasteiger partial charge in [-0.15, -0.1) is 0 Å². The van der Waals surface area contributed by atoms with Crippen LogP contribution in [0.25, 0.3) is 0 Å². The van der Waals surface area contributed by atoms with Gasteiger partial charge in [-0.05, 0) is 118 Å². The maximum absolute atomic E-state index is 10.8. The van der Waals surface area contributed by atoms with Crippen molar-refractivity contribution >= 4 is 0 Å². The Morgan fingerprint density at radius 3 is 2.61 bits per heavy atom. The van der Waals surface area contributed by atoms with Gasteiger partial charge in [0.2, 0.25) is 0 Å². The number of aliphatic hydroxyl groups is 2. The summed E-state index contributed by atoms with van der Waals surface area (Å²) < 4.78 is 5.57. The number of allylic oxidation sites excluding steroid dienone is 1. The van der Waals surface area contributed by atoms with Crippen molar-refractivity contribution in [1.29, 1.82) is 0 Å². The van der Waals surface area contributed by atoms with Crippen molar-refractivity contribution < 1.29 is 14.9 Å². The molecule has 3 heteroatoms. The topological polar surface area (TPSA) is 49.7 Å². The fourth-order valence-corrected chi connectivity index (χ4v) is 9.10. The van der Waals surface area contributed by atoms with E-state index < -0.39 is 11.2 Å². The first-order valence-electron chi connectivity index (χ1n) is 13.4. The standard InChI is InChI=1S/C28H46O3/c1-25(29)15-16-27(3)21(18-25)7-9-22-23-10-8-20(26(23,2)14-11-24(22)27)6-4-12-28(30)13-5-17-31-19-28/h7,20,22-24,29-30H,4-6,8-19H2,1-3H3/t20?,22?,23?,24?,25-,26?,27?,28?/m0/s1. The van der Waals surface area contributed by atoms with Crippen LogP contribution in [0.15, 0.2) is 11.6 Å². The first kappa shape index (κ1) is 22.4. The number of hydrogen-bond acceptors (Lipinski definition) is 3. The van der Waals surface area contributed by atoms with Gasteiger partial charge in [-0.3, -0.25) is 0 Å². The lowest BCUT2D eigenvalue weighted by molar-refractivity contribution is -0.0926. The van der Waals surface area contributed by atoms with Crippen LogP contribution in [0.3, 0.4) is 0 Å². The molecule has 3 nitrogen and oxygen atoms in total. The van der Waals surface area contributed by atoms with Crippen molar-refractivity contribution in [3.05, 3.63) is 11.6 Å². The lowest BCUT2D eigenvalue weighted by atomic mass is 9.46. The van der Waals surface area contributed by atoms with Gasteiger partial charge < -0.3 is 14.9 Å². The van der Waals surface area contributed by atoms with Crippen molar-refractivity contribution in [3.8, 4) is 0 Å². The summed E-state index contributed by atoms with van der Waals surface area (Å²) in [5.41, 5.74) is 1.35. The molecule has 5 rings (SSSR count). The zero-order valence-electron chi connectivity index (χ0n) is 20.3. The zero-order valence-corrected chi connectivity index (χ0v) is 20.3.